The molecule has 0 aliphatic carbocycles. The maximum absolute atomic E-state index is 11.5. The number of nitrogens with two attached hydrogens (primary N) is 1. The Morgan fingerprint density at radius 2 is 1.93 bits per heavy atom. The van der Waals surface area contributed by atoms with Crippen LogP contribution in [0.2, 0.25) is 0 Å². The molecule has 0 amide bonds. The van der Waals surface area contributed by atoms with E-state index in [1.807, 2.05) is 26.0 Å². The number of hydrogen-bond donors (Lipinski definition) is 1. The third-order valence-electron chi connectivity index (χ3n) is 2.30. The van der Waals surface area contributed by atoms with Crippen LogP contribution < -0.4 is 10.5 Å². The predicted octanol–water partition coefficient (Wildman–Crippen LogP) is 1.45. The molecule has 0 atom stereocenters. The molecule has 0 radical (unpaired) electrons. The van der Waals surface area contributed by atoms with Gasteiger partial charge in [-0.25, -0.2) is 0 Å². The third kappa shape index (κ3) is 1.93. The Balaban J connectivity index is 3.27. The van der Waals surface area contributed by atoms with E-state index in [1.54, 1.807) is 7.11 Å². The second kappa shape index (κ2) is 4.24. The number of carbonyl (C=O) groups excluding carboxylic acids is 1. The van der Waals surface area contributed by atoms with Crippen molar-refractivity contribution in [2.75, 3.05) is 13.7 Å². The lowest BCUT2D eigenvalue weighted by Crippen LogP contribution is -2.15. The summed E-state index contributed by atoms with van der Waals surface area (Å²) >= 11 is 0. The van der Waals surface area contributed by atoms with Crippen LogP contribution >= 0.6 is 0 Å². The number of aryl methyl sites for hydroxylation is 2. The van der Waals surface area contributed by atoms with E-state index in [9.17, 15) is 4.79 Å². The van der Waals surface area contributed by atoms with Crippen LogP contribution in [0.5, 0.6) is 5.75 Å². The number of ketones is 1. The molecular formula is C11H15NO2. The fraction of sp³-hybridized carbons (Fsp3) is 0.364. The molecule has 0 saturated carbocycles. The minimum absolute atomic E-state index is 0.0128. The van der Waals surface area contributed by atoms with Gasteiger partial charge in [-0.15, -0.1) is 0 Å². The van der Waals surface area contributed by atoms with E-state index in [2.05, 4.69) is 0 Å². The molecule has 3 heteroatoms. The highest BCUT2D eigenvalue weighted by Crippen LogP contribution is 2.23. The van der Waals surface area contributed by atoms with Crippen molar-refractivity contribution in [1.29, 1.82) is 0 Å². The smallest absolute Gasteiger partial charge is 0.180 e. The summed E-state index contributed by atoms with van der Waals surface area (Å²) in [6.07, 6.45) is 0. The SMILES string of the molecule is COc1cc(C)c(C)cc1C(=O)CN. The Morgan fingerprint density at radius 1 is 1.36 bits per heavy atom. The van der Waals surface area contributed by atoms with E-state index >= 15 is 0 Å². The first-order valence-corrected chi connectivity index (χ1v) is 4.48. The van der Waals surface area contributed by atoms with Gasteiger partial charge in [0.15, 0.2) is 5.78 Å². The quantitative estimate of drug-likeness (QED) is 0.739. The molecule has 1 aromatic rings. The second-order valence-electron chi connectivity index (χ2n) is 3.26. The van der Waals surface area contributed by atoms with Gasteiger partial charge >= 0.3 is 0 Å². The molecule has 76 valence electrons. The Morgan fingerprint density at radius 3 is 2.43 bits per heavy atom. The van der Waals surface area contributed by atoms with Crippen molar-refractivity contribution < 1.29 is 9.53 Å². The van der Waals surface area contributed by atoms with E-state index < -0.39 is 0 Å². The zero-order valence-electron chi connectivity index (χ0n) is 8.76. The van der Waals surface area contributed by atoms with Crippen molar-refractivity contribution >= 4 is 5.78 Å². The van der Waals surface area contributed by atoms with Gasteiger partial charge in [-0.2, -0.15) is 0 Å². The van der Waals surface area contributed by atoms with E-state index in [4.69, 9.17) is 10.5 Å². The van der Waals surface area contributed by atoms with Gasteiger partial charge in [0.25, 0.3) is 0 Å². The summed E-state index contributed by atoms with van der Waals surface area (Å²) in [4.78, 5) is 11.5. The Hall–Kier alpha value is -1.35. The molecule has 0 fully saturated rings. The van der Waals surface area contributed by atoms with Gasteiger partial charge in [0.2, 0.25) is 0 Å². The van der Waals surface area contributed by atoms with Crippen molar-refractivity contribution in [2.24, 2.45) is 5.73 Å². The summed E-state index contributed by atoms with van der Waals surface area (Å²) in [5, 5.41) is 0. The molecule has 0 aliphatic rings. The lowest BCUT2D eigenvalue weighted by molar-refractivity contribution is 0.0998. The zero-order chi connectivity index (χ0) is 10.7. The molecule has 3 nitrogen and oxygen atoms in total. The summed E-state index contributed by atoms with van der Waals surface area (Å²) in [5.41, 5.74) is 8.06. The fourth-order valence-electron chi connectivity index (χ4n) is 1.29. The molecule has 0 heterocycles. The Bertz CT molecular complexity index is 359. The van der Waals surface area contributed by atoms with Gasteiger partial charge in [-0.1, -0.05) is 0 Å². The van der Waals surface area contributed by atoms with E-state index in [0.717, 1.165) is 11.1 Å². The maximum Gasteiger partial charge on any atom is 0.180 e. The van der Waals surface area contributed by atoms with Crippen molar-refractivity contribution in [3.05, 3.63) is 28.8 Å². The topological polar surface area (TPSA) is 52.3 Å². The molecule has 0 spiro atoms. The number of methoxy groups -OCH3 is 1. The molecular weight excluding hydrogens is 178 g/mol. The van der Waals surface area contributed by atoms with Crippen LogP contribution in [0.3, 0.4) is 0 Å². The lowest BCUT2D eigenvalue weighted by atomic mass is 10.0. The van der Waals surface area contributed by atoms with Crippen LogP contribution in [0.25, 0.3) is 0 Å². The van der Waals surface area contributed by atoms with E-state index in [0.29, 0.717) is 11.3 Å². The van der Waals surface area contributed by atoms with Crippen molar-refractivity contribution in [2.45, 2.75) is 13.8 Å². The highest BCUT2D eigenvalue weighted by Gasteiger charge is 2.11. The van der Waals surface area contributed by atoms with Crippen molar-refractivity contribution in [1.82, 2.24) is 0 Å². The van der Waals surface area contributed by atoms with Gasteiger partial charge in [0.05, 0.1) is 19.2 Å². The summed E-state index contributed by atoms with van der Waals surface area (Å²) in [5.74, 6) is 0.508. The Kier molecular flexibility index (Phi) is 3.25. The minimum Gasteiger partial charge on any atom is -0.496 e. The number of ether oxygens (including phenoxy) is 1. The minimum atomic E-state index is -0.0926. The number of hydrogen-bond acceptors (Lipinski definition) is 3. The maximum atomic E-state index is 11.5. The second-order valence-corrected chi connectivity index (χ2v) is 3.26. The molecule has 2 N–H and O–H groups in total. The predicted molar refractivity (Wildman–Crippen MR) is 55.9 cm³/mol. The summed E-state index contributed by atoms with van der Waals surface area (Å²) in [7, 11) is 1.55. The van der Waals surface area contributed by atoms with Gasteiger partial charge < -0.3 is 10.5 Å². The Labute approximate surface area is 83.9 Å². The van der Waals surface area contributed by atoms with Crippen LogP contribution in [0.15, 0.2) is 12.1 Å². The average molecular weight is 193 g/mol. The normalized spacial score (nSPS) is 10.0. The third-order valence-corrected chi connectivity index (χ3v) is 2.30. The van der Waals surface area contributed by atoms with Crippen molar-refractivity contribution in [3.63, 3.8) is 0 Å². The molecule has 0 bridgehead atoms. The van der Waals surface area contributed by atoms with E-state index in [1.165, 1.54) is 0 Å². The highest BCUT2D eigenvalue weighted by atomic mass is 16.5. The van der Waals surface area contributed by atoms with E-state index in [-0.39, 0.29) is 12.3 Å². The lowest BCUT2D eigenvalue weighted by Gasteiger charge is -2.09. The molecule has 1 aromatic carbocycles. The summed E-state index contributed by atoms with van der Waals surface area (Å²) < 4.78 is 5.13. The monoisotopic (exact) mass is 193 g/mol. The van der Waals surface area contributed by atoms with Crippen molar-refractivity contribution in [3.8, 4) is 5.75 Å². The first-order chi connectivity index (χ1) is 6.60. The van der Waals surface area contributed by atoms with Crippen LogP contribution in [0.1, 0.15) is 21.5 Å². The van der Waals surface area contributed by atoms with Crippen LogP contribution in [-0.2, 0) is 0 Å². The molecule has 14 heavy (non-hydrogen) atoms. The first-order valence-electron chi connectivity index (χ1n) is 4.48. The molecule has 0 unspecified atom stereocenters. The number of carbonyl (C=O) groups is 1. The van der Waals surface area contributed by atoms with Gasteiger partial charge in [0, 0.05) is 0 Å². The standard InChI is InChI=1S/C11H15NO2/c1-7-4-9(10(13)6-12)11(14-3)5-8(7)2/h4-5H,6,12H2,1-3H3. The van der Waals surface area contributed by atoms with Crippen LogP contribution in [0.4, 0.5) is 0 Å². The molecule has 0 aromatic heterocycles. The molecule has 1 rings (SSSR count). The van der Waals surface area contributed by atoms with Crippen LogP contribution in [-0.4, -0.2) is 19.4 Å². The van der Waals surface area contributed by atoms with Gasteiger partial charge in [0.1, 0.15) is 5.75 Å². The molecule has 0 saturated heterocycles. The van der Waals surface area contributed by atoms with Gasteiger partial charge in [-0.05, 0) is 37.1 Å². The number of benzene rings is 1. The highest BCUT2D eigenvalue weighted by molar-refractivity contribution is 6.00. The van der Waals surface area contributed by atoms with Gasteiger partial charge in [-0.3, -0.25) is 4.79 Å². The molecule has 0 aliphatic heterocycles. The fourth-order valence-corrected chi connectivity index (χ4v) is 1.29. The number of Topliss-reactive ketones (excluding diaryl/α,β-unsaturated/α-hetero) is 1. The largest absolute Gasteiger partial charge is 0.496 e. The first kappa shape index (κ1) is 10.7. The van der Waals surface area contributed by atoms with Crippen LogP contribution in [0, 0.1) is 13.8 Å². The summed E-state index contributed by atoms with van der Waals surface area (Å²) in [6, 6.07) is 3.68. The zero-order valence-corrected chi connectivity index (χ0v) is 8.76. The summed E-state index contributed by atoms with van der Waals surface area (Å²) in [6.45, 7) is 3.95. The average Bonchev–Trinajstić information content (AvgIpc) is 2.20. The number of rotatable bonds is 3.